The van der Waals surface area contributed by atoms with Gasteiger partial charge in [-0.2, -0.15) is 8.78 Å². The number of hydrogen-bond donors (Lipinski definition) is 2. The van der Waals surface area contributed by atoms with E-state index < -0.39 is 6.61 Å². The van der Waals surface area contributed by atoms with Crippen molar-refractivity contribution in [2.45, 2.75) is 26.1 Å². The summed E-state index contributed by atoms with van der Waals surface area (Å²) in [6.45, 7) is 3.98. The molecule has 1 fully saturated rings. The molecule has 0 radical (unpaired) electrons. The molecule has 3 rings (SSSR count). The number of benzene rings is 1. The van der Waals surface area contributed by atoms with Crippen molar-refractivity contribution in [3.63, 3.8) is 0 Å². The molecule has 1 aliphatic heterocycles. The number of hydrogen-bond acceptors (Lipinski definition) is 5. The normalized spacial score (nSPS) is 16.5. The molecule has 0 bridgehead atoms. The topological polar surface area (TPSA) is 58.1 Å². The Hall–Kier alpha value is -2.23. The number of guanidine groups is 1. The lowest BCUT2D eigenvalue weighted by atomic mass is 10.2. The molecule has 164 valence electrons. The fourth-order valence-electron chi connectivity index (χ4n) is 3.32. The van der Waals surface area contributed by atoms with Crippen LogP contribution >= 0.6 is 11.3 Å². The fraction of sp³-hybridized carbons (Fsp3) is 0.476. The van der Waals surface area contributed by atoms with Gasteiger partial charge in [-0.1, -0.05) is 24.3 Å². The maximum atomic E-state index is 12.6. The molecule has 6 nitrogen and oxygen atoms in total. The lowest BCUT2D eigenvalue weighted by Gasteiger charge is -2.34. The Kier molecular flexibility index (Phi) is 8.85. The highest BCUT2D eigenvalue weighted by Crippen LogP contribution is 2.25. The Morgan fingerprint density at radius 2 is 2.00 bits per heavy atom. The molecule has 30 heavy (non-hydrogen) atoms. The summed E-state index contributed by atoms with van der Waals surface area (Å²) in [5.41, 5.74) is 0.609. The van der Waals surface area contributed by atoms with Gasteiger partial charge in [0.25, 0.3) is 0 Å². The van der Waals surface area contributed by atoms with Gasteiger partial charge in [-0.25, -0.2) is 4.99 Å². The van der Waals surface area contributed by atoms with Gasteiger partial charge in [0.15, 0.2) is 5.96 Å². The van der Waals surface area contributed by atoms with E-state index in [0.717, 1.165) is 26.3 Å². The summed E-state index contributed by atoms with van der Waals surface area (Å²) in [4.78, 5) is 8.28. The zero-order valence-corrected chi connectivity index (χ0v) is 17.8. The van der Waals surface area contributed by atoms with E-state index >= 15 is 0 Å². The third kappa shape index (κ3) is 6.65. The number of halogens is 2. The number of morpholine rings is 1. The number of thiophene rings is 1. The van der Waals surface area contributed by atoms with E-state index in [4.69, 9.17) is 4.74 Å². The molecule has 1 aromatic heterocycles. The zero-order valence-electron chi connectivity index (χ0n) is 17.0. The van der Waals surface area contributed by atoms with Crippen LogP contribution in [-0.4, -0.2) is 56.9 Å². The van der Waals surface area contributed by atoms with E-state index in [1.165, 1.54) is 10.9 Å². The number of ether oxygens (including phenoxy) is 2. The largest absolute Gasteiger partial charge is 0.434 e. The van der Waals surface area contributed by atoms with Crippen LogP contribution in [0, 0.1) is 0 Å². The van der Waals surface area contributed by atoms with E-state index in [1.54, 1.807) is 29.5 Å². The van der Waals surface area contributed by atoms with Crippen LogP contribution in [0.1, 0.15) is 23.4 Å². The van der Waals surface area contributed by atoms with Gasteiger partial charge in [0, 0.05) is 36.6 Å². The number of nitrogens with one attached hydrogen (secondary N) is 2. The summed E-state index contributed by atoms with van der Waals surface area (Å²) in [5.74, 6) is 0.788. The molecule has 0 spiro atoms. The Balaban J connectivity index is 1.68. The summed E-state index contributed by atoms with van der Waals surface area (Å²) >= 11 is 1.74. The number of rotatable bonds is 9. The van der Waals surface area contributed by atoms with Crippen molar-refractivity contribution in [3.05, 3.63) is 52.2 Å². The van der Waals surface area contributed by atoms with Gasteiger partial charge >= 0.3 is 6.61 Å². The van der Waals surface area contributed by atoms with Crippen molar-refractivity contribution in [2.24, 2.45) is 4.99 Å². The van der Waals surface area contributed by atoms with Gasteiger partial charge in [-0.3, -0.25) is 4.90 Å². The molecule has 1 aliphatic rings. The predicted molar refractivity (Wildman–Crippen MR) is 115 cm³/mol. The van der Waals surface area contributed by atoms with Gasteiger partial charge in [-0.15, -0.1) is 11.3 Å². The molecule has 1 aromatic carbocycles. The quantitative estimate of drug-likeness (QED) is 0.464. The molecule has 1 unspecified atom stereocenters. The molecule has 1 atom stereocenters. The second kappa shape index (κ2) is 11.8. The lowest BCUT2D eigenvalue weighted by Crippen LogP contribution is -2.46. The Morgan fingerprint density at radius 3 is 2.70 bits per heavy atom. The zero-order chi connectivity index (χ0) is 21.2. The van der Waals surface area contributed by atoms with Crippen LogP contribution in [0.15, 0.2) is 46.8 Å². The molecule has 2 heterocycles. The third-order valence-electron chi connectivity index (χ3n) is 4.76. The van der Waals surface area contributed by atoms with E-state index in [-0.39, 0.29) is 18.3 Å². The maximum Gasteiger partial charge on any atom is 0.387 e. The SMILES string of the molecule is CCNC(=NCc1ccccc1OC(F)F)NCC(c1cccs1)N1CCOCC1. The number of para-hydroxylation sites is 1. The first-order chi connectivity index (χ1) is 14.7. The van der Waals surface area contributed by atoms with Crippen LogP contribution in [-0.2, 0) is 11.3 Å². The summed E-state index contributed by atoms with van der Waals surface area (Å²) in [5, 5.41) is 8.72. The van der Waals surface area contributed by atoms with Crippen LogP contribution in [0.4, 0.5) is 8.78 Å². The first-order valence-electron chi connectivity index (χ1n) is 10.1. The second-order valence-corrected chi connectivity index (χ2v) is 7.72. The van der Waals surface area contributed by atoms with Gasteiger partial charge in [0.2, 0.25) is 0 Å². The van der Waals surface area contributed by atoms with E-state index in [0.29, 0.717) is 24.6 Å². The lowest BCUT2D eigenvalue weighted by molar-refractivity contribution is -0.0504. The van der Waals surface area contributed by atoms with Gasteiger partial charge in [-0.05, 0) is 24.4 Å². The third-order valence-corrected chi connectivity index (χ3v) is 5.73. The van der Waals surface area contributed by atoms with Crippen LogP contribution < -0.4 is 15.4 Å². The average molecular weight is 439 g/mol. The molecule has 0 saturated carbocycles. The molecule has 1 saturated heterocycles. The van der Waals surface area contributed by atoms with Crippen LogP contribution in [0.3, 0.4) is 0 Å². The van der Waals surface area contributed by atoms with Crippen molar-refractivity contribution in [2.75, 3.05) is 39.4 Å². The maximum absolute atomic E-state index is 12.6. The summed E-state index contributed by atoms with van der Waals surface area (Å²) in [6.07, 6.45) is 0. The minimum Gasteiger partial charge on any atom is -0.434 e. The molecular weight excluding hydrogens is 410 g/mol. The van der Waals surface area contributed by atoms with Crippen molar-refractivity contribution in [1.29, 1.82) is 0 Å². The van der Waals surface area contributed by atoms with E-state index in [9.17, 15) is 8.78 Å². The van der Waals surface area contributed by atoms with Crippen LogP contribution in [0.25, 0.3) is 0 Å². The number of nitrogens with zero attached hydrogens (tertiary/aromatic N) is 2. The molecule has 0 aliphatic carbocycles. The van der Waals surface area contributed by atoms with Gasteiger partial charge in [0.1, 0.15) is 5.75 Å². The second-order valence-electron chi connectivity index (χ2n) is 6.74. The molecule has 0 amide bonds. The van der Waals surface area contributed by atoms with Crippen LogP contribution in [0.5, 0.6) is 5.75 Å². The number of alkyl halides is 2. The smallest absolute Gasteiger partial charge is 0.387 e. The van der Waals surface area contributed by atoms with Gasteiger partial charge in [0.05, 0.1) is 25.8 Å². The molecule has 2 N–H and O–H groups in total. The highest BCUT2D eigenvalue weighted by molar-refractivity contribution is 7.10. The van der Waals surface area contributed by atoms with Crippen molar-refractivity contribution < 1.29 is 18.3 Å². The van der Waals surface area contributed by atoms with Crippen molar-refractivity contribution in [1.82, 2.24) is 15.5 Å². The highest BCUT2D eigenvalue weighted by atomic mass is 32.1. The monoisotopic (exact) mass is 438 g/mol. The number of aliphatic imine (C=N–C) groups is 1. The standard InChI is InChI=1S/C21H28F2N4O2S/c1-2-24-21(25-14-16-6-3-4-7-18(16)29-20(22)23)26-15-17(19-8-5-13-30-19)27-9-11-28-12-10-27/h3-8,13,17,20H,2,9-12,14-15H2,1H3,(H2,24,25,26). The fourth-order valence-corrected chi connectivity index (χ4v) is 4.19. The summed E-state index contributed by atoms with van der Waals surface area (Å²) < 4.78 is 35.4. The Bertz CT molecular complexity index is 783. The first-order valence-corrected chi connectivity index (χ1v) is 11.0. The minimum atomic E-state index is -2.86. The predicted octanol–water partition coefficient (Wildman–Crippen LogP) is 3.48. The molecular formula is C21H28F2N4O2S. The van der Waals surface area contributed by atoms with Crippen molar-refractivity contribution >= 4 is 17.3 Å². The van der Waals surface area contributed by atoms with E-state index in [1.807, 2.05) is 6.92 Å². The van der Waals surface area contributed by atoms with E-state index in [2.05, 4.69) is 42.8 Å². The first kappa shape index (κ1) is 22.5. The average Bonchev–Trinajstić information content (AvgIpc) is 3.28. The Labute approximate surface area is 179 Å². The highest BCUT2D eigenvalue weighted by Gasteiger charge is 2.23. The Morgan fingerprint density at radius 1 is 1.20 bits per heavy atom. The van der Waals surface area contributed by atoms with Gasteiger partial charge < -0.3 is 20.1 Å². The summed E-state index contributed by atoms with van der Waals surface area (Å²) in [7, 11) is 0. The molecule has 2 aromatic rings. The van der Waals surface area contributed by atoms with Crippen LogP contribution in [0.2, 0.25) is 0 Å². The van der Waals surface area contributed by atoms with Crippen molar-refractivity contribution in [3.8, 4) is 5.75 Å². The minimum absolute atomic E-state index is 0.150. The molecule has 9 heteroatoms. The summed E-state index contributed by atoms with van der Waals surface area (Å²) in [6, 6.07) is 11.2.